The minimum atomic E-state index is -0.282. The molecule has 0 bridgehead atoms. The number of rotatable bonds is 2. The van der Waals surface area contributed by atoms with Gasteiger partial charge in [-0.05, 0) is 5.92 Å². The second kappa shape index (κ2) is 4.09. The molecule has 1 heterocycles. The van der Waals surface area contributed by atoms with Crippen molar-refractivity contribution in [3.05, 3.63) is 0 Å². The summed E-state index contributed by atoms with van der Waals surface area (Å²) in [5.74, 6) is 0.0471. The lowest BCUT2D eigenvalue weighted by Crippen LogP contribution is -2.40. The predicted octanol–water partition coefficient (Wildman–Crippen LogP) is 0.958. The highest BCUT2D eigenvalue weighted by Gasteiger charge is 2.31. The first kappa shape index (κ1) is 10.5. The van der Waals surface area contributed by atoms with Gasteiger partial charge in [-0.15, -0.1) is 0 Å². The van der Waals surface area contributed by atoms with E-state index in [1.807, 2.05) is 13.8 Å². The van der Waals surface area contributed by atoms with Crippen molar-refractivity contribution in [2.24, 2.45) is 5.92 Å². The fraction of sp³-hybridized carbons (Fsp3) is 0.750. The van der Waals surface area contributed by atoms with Gasteiger partial charge in [0.15, 0.2) is 0 Å². The Labute approximate surface area is 85.8 Å². The number of imide groups is 1. The van der Waals surface area contributed by atoms with Crippen LogP contribution in [0.15, 0.2) is 0 Å². The van der Waals surface area contributed by atoms with Crippen molar-refractivity contribution in [1.29, 1.82) is 0 Å². The zero-order valence-corrected chi connectivity index (χ0v) is 9.30. The Kier molecular flexibility index (Phi) is 3.30. The molecule has 1 aliphatic heterocycles. The first-order valence-corrected chi connectivity index (χ1v) is 5.19. The Morgan fingerprint density at radius 1 is 1.62 bits per heavy atom. The highest BCUT2D eigenvalue weighted by Crippen LogP contribution is 2.16. The molecular formula is C8H13BrN2O2. The number of carbonyl (C=O) groups is 2. The van der Waals surface area contributed by atoms with E-state index < -0.39 is 0 Å². The second-order valence-electron chi connectivity index (χ2n) is 3.37. The Morgan fingerprint density at radius 2 is 2.23 bits per heavy atom. The number of urea groups is 1. The van der Waals surface area contributed by atoms with Crippen molar-refractivity contribution in [2.45, 2.75) is 18.7 Å². The molecule has 0 saturated carbocycles. The molecular weight excluding hydrogens is 236 g/mol. The maximum absolute atomic E-state index is 11.6. The van der Waals surface area contributed by atoms with E-state index in [2.05, 4.69) is 21.2 Å². The lowest BCUT2D eigenvalue weighted by Gasteiger charge is -2.18. The minimum Gasteiger partial charge on any atom is -0.336 e. The third-order valence-electron chi connectivity index (χ3n) is 1.94. The van der Waals surface area contributed by atoms with E-state index in [1.54, 1.807) is 0 Å². The van der Waals surface area contributed by atoms with E-state index in [1.165, 1.54) is 4.90 Å². The van der Waals surface area contributed by atoms with E-state index in [-0.39, 0.29) is 22.7 Å². The lowest BCUT2D eigenvalue weighted by atomic mass is 10.1. The number of amides is 3. The molecule has 1 atom stereocenters. The summed E-state index contributed by atoms with van der Waals surface area (Å²) in [6.07, 6.45) is 0. The Balaban J connectivity index is 2.61. The zero-order valence-electron chi connectivity index (χ0n) is 7.71. The second-order valence-corrected chi connectivity index (χ2v) is 4.35. The first-order valence-electron chi connectivity index (χ1n) is 4.27. The number of halogens is 1. The number of hydrogen-bond donors (Lipinski definition) is 1. The predicted molar refractivity (Wildman–Crippen MR) is 52.7 cm³/mol. The highest BCUT2D eigenvalue weighted by molar-refractivity contribution is 9.10. The van der Waals surface area contributed by atoms with Gasteiger partial charge in [-0.25, -0.2) is 4.79 Å². The summed E-state index contributed by atoms with van der Waals surface area (Å²) in [6, 6.07) is -0.282. The molecule has 4 nitrogen and oxygen atoms in total. The topological polar surface area (TPSA) is 49.4 Å². The molecule has 0 aromatic rings. The first-order chi connectivity index (χ1) is 6.04. The minimum absolute atomic E-state index is 0.148. The summed E-state index contributed by atoms with van der Waals surface area (Å²) in [6.45, 7) is 4.91. The van der Waals surface area contributed by atoms with E-state index in [4.69, 9.17) is 0 Å². The summed E-state index contributed by atoms with van der Waals surface area (Å²) < 4.78 is 0. The van der Waals surface area contributed by atoms with Crippen LogP contribution in [0, 0.1) is 5.92 Å². The largest absolute Gasteiger partial charge is 0.336 e. The number of nitrogens with zero attached hydrogens (tertiary/aromatic N) is 1. The standard InChI is InChI=1S/C8H13BrN2O2/c1-5(2)6(9)7(12)11-4-3-10-8(11)13/h5-6H,3-4H2,1-2H3,(H,10,13). The fourth-order valence-electron chi connectivity index (χ4n) is 1.12. The van der Waals surface area contributed by atoms with Crippen LogP contribution in [0.25, 0.3) is 0 Å². The maximum atomic E-state index is 11.6. The van der Waals surface area contributed by atoms with Gasteiger partial charge in [0, 0.05) is 13.1 Å². The van der Waals surface area contributed by atoms with Gasteiger partial charge in [0.1, 0.15) is 0 Å². The van der Waals surface area contributed by atoms with Gasteiger partial charge < -0.3 is 5.32 Å². The zero-order chi connectivity index (χ0) is 10.0. The van der Waals surface area contributed by atoms with E-state index in [0.29, 0.717) is 13.1 Å². The van der Waals surface area contributed by atoms with Crippen molar-refractivity contribution < 1.29 is 9.59 Å². The van der Waals surface area contributed by atoms with Gasteiger partial charge in [0.25, 0.3) is 0 Å². The maximum Gasteiger partial charge on any atom is 0.324 e. The molecule has 0 aromatic carbocycles. The molecule has 0 spiro atoms. The monoisotopic (exact) mass is 248 g/mol. The fourth-order valence-corrected chi connectivity index (χ4v) is 1.36. The van der Waals surface area contributed by atoms with Gasteiger partial charge in [0.05, 0.1) is 4.83 Å². The molecule has 3 amide bonds. The summed E-state index contributed by atoms with van der Waals surface area (Å²) in [5.41, 5.74) is 0. The molecule has 0 radical (unpaired) electrons. The third-order valence-corrected chi connectivity index (χ3v) is 3.39. The van der Waals surface area contributed by atoms with Crippen LogP contribution in [0.4, 0.5) is 4.79 Å². The van der Waals surface area contributed by atoms with Crippen molar-refractivity contribution in [3.63, 3.8) is 0 Å². The number of nitrogens with one attached hydrogen (secondary N) is 1. The van der Waals surface area contributed by atoms with Crippen LogP contribution in [0.1, 0.15) is 13.8 Å². The van der Waals surface area contributed by atoms with Gasteiger partial charge in [-0.2, -0.15) is 0 Å². The Hall–Kier alpha value is -0.580. The average molecular weight is 249 g/mol. The summed E-state index contributed by atoms with van der Waals surface area (Å²) in [7, 11) is 0. The molecule has 1 N–H and O–H groups in total. The number of alkyl halides is 1. The number of carbonyl (C=O) groups excluding carboxylic acids is 2. The third kappa shape index (κ3) is 2.21. The normalized spacial score (nSPS) is 19.1. The highest BCUT2D eigenvalue weighted by atomic mass is 79.9. The van der Waals surface area contributed by atoms with Crippen LogP contribution >= 0.6 is 15.9 Å². The van der Waals surface area contributed by atoms with Gasteiger partial charge >= 0.3 is 6.03 Å². The van der Waals surface area contributed by atoms with Crippen LogP contribution in [0.5, 0.6) is 0 Å². The van der Waals surface area contributed by atoms with E-state index >= 15 is 0 Å². The van der Waals surface area contributed by atoms with E-state index in [0.717, 1.165) is 0 Å². The van der Waals surface area contributed by atoms with Gasteiger partial charge in [0.2, 0.25) is 5.91 Å². The smallest absolute Gasteiger partial charge is 0.324 e. The molecule has 13 heavy (non-hydrogen) atoms. The number of hydrogen-bond acceptors (Lipinski definition) is 2. The van der Waals surface area contributed by atoms with Crippen LogP contribution in [0.3, 0.4) is 0 Å². The van der Waals surface area contributed by atoms with Crippen LogP contribution < -0.4 is 5.32 Å². The SMILES string of the molecule is CC(C)C(Br)C(=O)N1CCNC1=O. The molecule has 5 heteroatoms. The lowest BCUT2D eigenvalue weighted by molar-refractivity contribution is -0.127. The van der Waals surface area contributed by atoms with Crippen molar-refractivity contribution in [2.75, 3.05) is 13.1 Å². The van der Waals surface area contributed by atoms with Crippen molar-refractivity contribution in [3.8, 4) is 0 Å². The summed E-state index contributed by atoms with van der Waals surface area (Å²) in [5, 5.41) is 2.59. The Bertz CT molecular complexity index is 230. The van der Waals surface area contributed by atoms with Crippen LogP contribution in [0.2, 0.25) is 0 Å². The summed E-state index contributed by atoms with van der Waals surface area (Å²) in [4.78, 5) is 23.7. The molecule has 0 aliphatic carbocycles. The molecule has 1 unspecified atom stereocenters. The van der Waals surface area contributed by atoms with Crippen molar-refractivity contribution >= 4 is 27.9 Å². The molecule has 1 saturated heterocycles. The van der Waals surface area contributed by atoms with E-state index in [9.17, 15) is 9.59 Å². The Morgan fingerprint density at radius 3 is 2.62 bits per heavy atom. The molecule has 0 aromatic heterocycles. The summed E-state index contributed by atoms with van der Waals surface area (Å²) >= 11 is 3.27. The van der Waals surface area contributed by atoms with Crippen LogP contribution in [-0.2, 0) is 4.79 Å². The van der Waals surface area contributed by atoms with Gasteiger partial charge in [-0.1, -0.05) is 29.8 Å². The van der Waals surface area contributed by atoms with Gasteiger partial charge in [-0.3, -0.25) is 9.69 Å². The molecule has 1 fully saturated rings. The molecule has 1 rings (SSSR count). The molecule has 1 aliphatic rings. The quantitative estimate of drug-likeness (QED) is 0.741. The average Bonchev–Trinajstić information content (AvgIpc) is 2.48. The van der Waals surface area contributed by atoms with Crippen molar-refractivity contribution in [1.82, 2.24) is 10.2 Å². The molecule has 74 valence electrons. The van der Waals surface area contributed by atoms with Crippen LogP contribution in [-0.4, -0.2) is 34.8 Å².